The quantitative estimate of drug-likeness (QED) is 0.448. The Hall–Kier alpha value is -2.65. The van der Waals surface area contributed by atoms with Crippen molar-refractivity contribution >= 4 is 20.3 Å². The number of hydrogen-bond acceptors (Lipinski definition) is 5. The van der Waals surface area contributed by atoms with Gasteiger partial charge in [0.15, 0.2) is 14.0 Å². The van der Waals surface area contributed by atoms with E-state index in [1.807, 2.05) is 25.5 Å². The van der Waals surface area contributed by atoms with Gasteiger partial charge in [-0.25, -0.2) is 4.79 Å². The van der Waals surface area contributed by atoms with Gasteiger partial charge in [0.25, 0.3) is 5.91 Å². The van der Waals surface area contributed by atoms with Crippen molar-refractivity contribution < 1.29 is 18.8 Å². The Morgan fingerprint density at radius 1 is 1.05 bits per heavy atom. The van der Waals surface area contributed by atoms with Crippen molar-refractivity contribution in [3.63, 3.8) is 0 Å². The molecule has 1 aromatic carbocycles. The molecular weight excluding hydrogens is 508 g/mol. The molecule has 214 valence electrons. The summed E-state index contributed by atoms with van der Waals surface area (Å²) in [4.78, 5) is 27.6. The van der Waals surface area contributed by atoms with Crippen LogP contribution in [0.5, 0.6) is 0 Å². The van der Waals surface area contributed by atoms with Gasteiger partial charge in [0.2, 0.25) is 0 Å². The molecule has 2 heterocycles. The third kappa shape index (κ3) is 6.09. The van der Waals surface area contributed by atoms with Crippen LogP contribution in [0.4, 0.5) is 4.79 Å². The lowest BCUT2D eigenvalue weighted by Gasteiger charge is -2.36. The van der Waals surface area contributed by atoms with E-state index in [1.165, 1.54) is 11.1 Å². The molecule has 0 saturated heterocycles. The average Bonchev–Trinajstić information content (AvgIpc) is 3.55. The standard InChI is InChI=1S/C30H46N4O4Si/c1-28(2,3)38-27(36)33-17-18-34-23(20-33)24(25(32-34)26(35)31-7)30(15-16-30)22-12-10-21(11-13-22)14-19-37-39(8,9)29(4,5)6/h10-13H,14-20H2,1-9H3,(H,31,35). The largest absolute Gasteiger partial charge is 0.444 e. The fourth-order valence-electron chi connectivity index (χ4n) is 5.02. The number of rotatable bonds is 7. The van der Waals surface area contributed by atoms with Gasteiger partial charge < -0.3 is 19.4 Å². The molecule has 1 saturated carbocycles. The lowest BCUT2D eigenvalue weighted by atomic mass is 9.85. The van der Waals surface area contributed by atoms with Crippen molar-refractivity contribution in [1.29, 1.82) is 0 Å². The highest BCUT2D eigenvalue weighted by Gasteiger charge is 2.51. The maximum absolute atomic E-state index is 13.0. The van der Waals surface area contributed by atoms with Crippen LogP contribution in [-0.4, -0.2) is 60.8 Å². The minimum Gasteiger partial charge on any atom is -0.444 e. The minimum absolute atomic E-state index is 0.193. The number of hydrogen-bond donors (Lipinski definition) is 1. The number of aromatic nitrogens is 2. The zero-order chi connectivity index (χ0) is 28.8. The lowest BCUT2D eigenvalue weighted by molar-refractivity contribution is 0.0193. The van der Waals surface area contributed by atoms with Gasteiger partial charge in [0, 0.05) is 31.2 Å². The molecule has 39 heavy (non-hydrogen) atoms. The molecule has 1 fully saturated rings. The topological polar surface area (TPSA) is 85.7 Å². The van der Waals surface area contributed by atoms with Crippen LogP contribution in [0, 0.1) is 0 Å². The number of amides is 2. The van der Waals surface area contributed by atoms with E-state index in [2.05, 4.69) is 63.4 Å². The number of carbonyl (C=O) groups is 2. The lowest BCUT2D eigenvalue weighted by Crippen LogP contribution is -2.42. The van der Waals surface area contributed by atoms with Crippen LogP contribution in [0.25, 0.3) is 0 Å². The average molecular weight is 555 g/mol. The van der Waals surface area contributed by atoms with Gasteiger partial charge in [-0.05, 0) is 69.3 Å². The van der Waals surface area contributed by atoms with Crippen molar-refractivity contribution in [1.82, 2.24) is 20.0 Å². The summed E-state index contributed by atoms with van der Waals surface area (Å²) in [6.07, 6.45) is 2.42. The molecule has 4 rings (SSSR count). The maximum Gasteiger partial charge on any atom is 0.410 e. The third-order valence-electron chi connectivity index (χ3n) is 8.47. The summed E-state index contributed by atoms with van der Waals surface area (Å²) in [5.74, 6) is -0.193. The molecule has 1 N–H and O–H groups in total. The molecule has 0 spiro atoms. The summed E-state index contributed by atoms with van der Waals surface area (Å²) in [5.41, 5.74) is 3.92. The van der Waals surface area contributed by atoms with Crippen molar-refractivity contribution in [3.8, 4) is 0 Å². The number of nitrogens with zero attached hydrogens (tertiary/aromatic N) is 3. The van der Waals surface area contributed by atoms with Crippen LogP contribution in [-0.2, 0) is 34.1 Å². The van der Waals surface area contributed by atoms with Gasteiger partial charge >= 0.3 is 6.09 Å². The predicted molar refractivity (Wildman–Crippen MR) is 156 cm³/mol. The molecule has 1 aromatic heterocycles. The summed E-state index contributed by atoms with van der Waals surface area (Å²) < 4.78 is 13.9. The van der Waals surface area contributed by atoms with E-state index in [9.17, 15) is 9.59 Å². The summed E-state index contributed by atoms with van der Waals surface area (Å²) in [7, 11) is -0.136. The Bertz CT molecular complexity index is 1220. The summed E-state index contributed by atoms with van der Waals surface area (Å²) >= 11 is 0. The normalized spacial score (nSPS) is 17.0. The second-order valence-corrected chi connectivity index (χ2v) is 18.3. The highest BCUT2D eigenvalue weighted by Crippen LogP contribution is 2.56. The Labute approximate surface area is 234 Å². The monoisotopic (exact) mass is 554 g/mol. The molecule has 2 amide bonds. The van der Waals surface area contributed by atoms with Crippen LogP contribution in [0.2, 0.25) is 18.1 Å². The zero-order valence-corrected chi connectivity index (χ0v) is 26.2. The number of nitrogens with one attached hydrogen (secondary N) is 1. The molecule has 0 unspecified atom stereocenters. The molecule has 0 bridgehead atoms. The van der Waals surface area contributed by atoms with Crippen LogP contribution in [0.1, 0.15) is 87.3 Å². The Morgan fingerprint density at radius 3 is 2.23 bits per heavy atom. The van der Waals surface area contributed by atoms with Crippen LogP contribution in [0.15, 0.2) is 24.3 Å². The molecule has 9 heteroatoms. The van der Waals surface area contributed by atoms with Gasteiger partial charge in [-0.15, -0.1) is 0 Å². The number of ether oxygens (including phenoxy) is 1. The van der Waals surface area contributed by atoms with Crippen LogP contribution >= 0.6 is 0 Å². The molecule has 2 aromatic rings. The molecule has 1 aliphatic heterocycles. The first-order valence-corrected chi connectivity index (χ1v) is 17.0. The van der Waals surface area contributed by atoms with E-state index in [0.29, 0.717) is 25.3 Å². The molecular formula is C30H46N4O4Si. The summed E-state index contributed by atoms with van der Waals surface area (Å²) in [5, 5.41) is 7.70. The first-order valence-electron chi connectivity index (χ1n) is 14.1. The van der Waals surface area contributed by atoms with E-state index < -0.39 is 13.9 Å². The highest BCUT2D eigenvalue weighted by molar-refractivity contribution is 6.74. The summed E-state index contributed by atoms with van der Waals surface area (Å²) in [6.45, 7) is 19.1. The fraction of sp³-hybridized carbons (Fsp3) is 0.633. The SMILES string of the molecule is CNC(=O)c1nn2c(c1C1(c3ccc(CCO[Si](C)(C)C(C)(C)C)cc3)CC1)CN(C(=O)OC(C)(C)C)CC2. The van der Waals surface area contributed by atoms with Crippen LogP contribution < -0.4 is 5.32 Å². The Balaban J connectivity index is 1.58. The summed E-state index contributed by atoms with van der Waals surface area (Å²) in [6, 6.07) is 8.77. The zero-order valence-electron chi connectivity index (χ0n) is 25.2. The van der Waals surface area contributed by atoms with Crippen molar-refractivity contribution in [2.75, 3.05) is 20.2 Å². The van der Waals surface area contributed by atoms with E-state index in [-0.39, 0.29) is 22.5 Å². The first-order chi connectivity index (χ1) is 18.1. The predicted octanol–water partition coefficient (Wildman–Crippen LogP) is 5.64. The molecule has 8 nitrogen and oxygen atoms in total. The van der Waals surface area contributed by atoms with Crippen molar-refractivity contribution in [2.24, 2.45) is 0 Å². The Morgan fingerprint density at radius 2 is 1.69 bits per heavy atom. The molecule has 0 atom stereocenters. The van der Waals surface area contributed by atoms with E-state index >= 15 is 0 Å². The van der Waals surface area contributed by atoms with E-state index in [0.717, 1.165) is 37.1 Å². The van der Waals surface area contributed by atoms with E-state index in [1.54, 1.807) is 11.9 Å². The molecule has 0 radical (unpaired) electrons. The number of fused-ring (bicyclic) bond motifs is 1. The van der Waals surface area contributed by atoms with Gasteiger partial charge in [-0.2, -0.15) is 5.10 Å². The van der Waals surface area contributed by atoms with Gasteiger partial charge in [0.05, 0.1) is 18.8 Å². The van der Waals surface area contributed by atoms with Crippen molar-refractivity contribution in [3.05, 3.63) is 52.3 Å². The minimum atomic E-state index is -1.77. The Kier molecular flexibility index (Phi) is 7.82. The number of benzene rings is 1. The van der Waals surface area contributed by atoms with E-state index in [4.69, 9.17) is 14.3 Å². The van der Waals surface area contributed by atoms with Gasteiger partial charge in [-0.3, -0.25) is 9.48 Å². The third-order valence-corrected chi connectivity index (χ3v) is 13.0. The molecule has 1 aliphatic carbocycles. The number of carbonyl (C=O) groups excluding carboxylic acids is 2. The molecule has 2 aliphatic rings. The smallest absolute Gasteiger partial charge is 0.410 e. The fourth-order valence-corrected chi connectivity index (χ4v) is 6.06. The van der Waals surface area contributed by atoms with Gasteiger partial charge in [0.1, 0.15) is 5.60 Å². The second-order valence-electron chi connectivity index (χ2n) is 13.5. The maximum atomic E-state index is 13.0. The van der Waals surface area contributed by atoms with Crippen molar-refractivity contribution in [2.45, 2.75) is 103 Å². The first kappa shape index (κ1) is 29.3. The van der Waals surface area contributed by atoms with Crippen LogP contribution in [0.3, 0.4) is 0 Å². The highest BCUT2D eigenvalue weighted by atomic mass is 28.4. The second kappa shape index (κ2) is 10.4. The van der Waals surface area contributed by atoms with Gasteiger partial charge in [-0.1, -0.05) is 45.0 Å².